The third-order valence-corrected chi connectivity index (χ3v) is 5.06. The fourth-order valence-electron chi connectivity index (χ4n) is 3.81. The van der Waals surface area contributed by atoms with E-state index in [1.54, 1.807) is 6.20 Å². The first-order valence-corrected chi connectivity index (χ1v) is 9.11. The topological polar surface area (TPSA) is 74.2 Å². The van der Waals surface area contributed by atoms with Gasteiger partial charge < -0.3 is 15.3 Å². The first kappa shape index (κ1) is 16.4. The van der Waals surface area contributed by atoms with Gasteiger partial charge in [-0.1, -0.05) is 0 Å². The summed E-state index contributed by atoms with van der Waals surface area (Å²) in [5.41, 5.74) is 2.63. The lowest BCUT2D eigenvalue weighted by Crippen LogP contribution is -2.47. The van der Waals surface area contributed by atoms with Crippen molar-refractivity contribution < 1.29 is 5.11 Å². The number of rotatable bonds is 2. The fourth-order valence-corrected chi connectivity index (χ4v) is 3.81. The number of piperidine rings is 1. The second-order valence-corrected chi connectivity index (χ2v) is 7.31. The summed E-state index contributed by atoms with van der Waals surface area (Å²) in [6.45, 7) is 5.35. The van der Waals surface area contributed by atoms with Crippen LogP contribution in [0.25, 0.3) is 11.4 Å². The molecule has 2 aromatic rings. The van der Waals surface area contributed by atoms with E-state index in [0.717, 1.165) is 68.2 Å². The summed E-state index contributed by atoms with van der Waals surface area (Å²) >= 11 is 0. The molecule has 1 saturated heterocycles. The van der Waals surface area contributed by atoms with Crippen molar-refractivity contribution in [1.82, 2.24) is 20.3 Å². The maximum Gasteiger partial charge on any atom is 0.163 e. The van der Waals surface area contributed by atoms with Gasteiger partial charge in [0.2, 0.25) is 0 Å². The van der Waals surface area contributed by atoms with Crippen LogP contribution < -0.4 is 10.2 Å². The van der Waals surface area contributed by atoms with Crippen molar-refractivity contribution in [3.05, 3.63) is 35.8 Å². The zero-order valence-corrected chi connectivity index (χ0v) is 14.7. The Kier molecular flexibility index (Phi) is 4.39. The van der Waals surface area contributed by atoms with E-state index < -0.39 is 5.60 Å². The van der Waals surface area contributed by atoms with Gasteiger partial charge >= 0.3 is 0 Å². The highest BCUT2D eigenvalue weighted by Gasteiger charge is 2.31. The highest BCUT2D eigenvalue weighted by Crippen LogP contribution is 2.31. The van der Waals surface area contributed by atoms with E-state index in [2.05, 4.69) is 15.2 Å². The highest BCUT2D eigenvalue weighted by atomic mass is 16.3. The minimum atomic E-state index is -0.659. The van der Waals surface area contributed by atoms with E-state index >= 15 is 0 Å². The van der Waals surface area contributed by atoms with Gasteiger partial charge in [-0.2, -0.15) is 0 Å². The van der Waals surface area contributed by atoms with E-state index in [1.165, 1.54) is 5.56 Å². The van der Waals surface area contributed by atoms with Crippen molar-refractivity contribution in [2.75, 3.05) is 31.1 Å². The number of aromatic nitrogens is 3. The molecule has 0 spiro atoms. The SMILES string of the molecule is C[C@@]1(O)CCCN(c2nc(-c3cccnc3)nc3c2CCNCC3)C1. The Morgan fingerprint density at radius 3 is 2.92 bits per heavy atom. The number of β-amino-alcohol motifs (C(OH)–C–C–N with tert-alkyl or cyclic N) is 1. The molecule has 132 valence electrons. The molecule has 4 rings (SSSR count). The molecule has 1 fully saturated rings. The largest absolute Gasteiger partial charge is 0.388 e. The minimum Gasteiger partial charge on any atom is -0.388 e. The Morgan fingerprint density at radius 2 is 2.12 bits per heavy atom. The summed E-state index contributed by atoms with van der Waals surface area (Å²) in [5.74, 6) is 1.72. The van der Waals surface area contributed by atoms with Crippen molar-refractivity contribution in [3.8, 4) is 11.4 Å². The second-order valence-electron chi connectivity index (χ2n) is 7.31. The van der Waals surface area contributed by atoms with Gasteiger partial charge in [-0.05, 0) is 44.9 Å². The average molecular weight is 339 g/mol. The molecular weight excluding hydrogens is 314 g/mol. The molecule has 0 saturated carbocycles. The molecule has 6 heteroatoms. The van der Waals surface area contributed by atoms with Gasteiger partial charge in [0.1, 0.15) is 5.82 Å². The maximum absolute atomic E-state index is 10.5. The number of nitrogens with one attached hydrogen (secondary N) is 1. The lowest BCUT2D eigenvalue weighted by Gasteiger charge is -2.38. The third-order valence-electron chi connectivity index (χ3n) is 5.06. The molecule has 2 aliphatic heterocycles. The number of hydrogen-bond acceptors (Lipinski definition) is 6. The van der Waals surface area contributed by atoms with Crippen LogP contribution >= 0.6 is 0 Å². The van der Waals surface area contributed by atoms with Gasteiger partial charge in [0.05, 0.1) is 11.3 Å². The van der Waals surface area contributed by atoms with Gasteiger partial charge in [-0.25, -0.2) is 9.97 Å². The summed E-state index contributed by atoms with van der Waals surface area (Å²) in [7, 11) is 0. The summed E-state index contributed by atoms with van der Waals surface area (Å²) in [6, 6.07) is 3.91. The quantitative estimate of drug-likeness (QED) is 0.865. The van der Waals surface area contributed by atoms with Crippen molar-refractivity contribution in [2.24, 2.45) is 0 Å². The molecule has 0 radical (unpaired) electrons. The summed E-state index contributed by atoms with van der Waals surface area (Å²) < 4.78 is 0. The third kappa shape index (κ3) is 3.50. The molecule has 2 aromatic heterocycles. The lowest BCUT2D eigenvalue weighted by molar-refractivity contribution is 0.0446. The van der Waals surface area contributed by atoms with Crippen LogP contribution in [0.2, 0.25) is 0 Å². The monoisotopic (exact) mass is 339 g/mol. The van der Waals surface area contributed by atoms with Gasteiger partial charge in [-0.15, -0.1) is 0 Å². The van der Waals surface area contributed by atoms with E-state index in [1.807, 2.05) is 25.3 Å². The van der Waals surface area contributed by atoms with E-state index in [0.29, 0.717) is 6.54 Å². The van der Waals surface area contributed by atoms with Gasteiger partial charge in [0.25, 0.3) is 0 Å². The normalized spacial score (nSPS) is 23.8. The van der Waals surface area contributed by atoms with E-state index in [-0.39, 0.29) is 0 Å². The molecule has 0 unspecified atom stereocenters. The zero-order chi connectivity index (χ0) is 17.3. The molecule has 2 N–H and O–H groups in total. The van der Waals surface area contributed by atoms with Crippen LogP contribution in [0.5, 0.6) is 0 Å². The first-order valence-electron chi connectivity index (χ1n) is 9.11. The highest BCUT2D eigenvalue weighted by molar-refractivity contribution is 5.60. The molecule has 0 aromatic carbocycles. The average Bonchev–Trinajstić information content (AvgIpc) is 2.86. The number of aliphatic hydroxyl groups is 1. The Hall–Kier alpha value is -2.05. The van der Waals surface area contributed by atoms with Gasteiger partial charge in [0, 0.05) is 49.6 Å². The molecule has 6 nitrogen and oxygen atoms in total. The Balaban J connectivity index is 1.80. The standard InChI is InChI=1S/C19H25N5O/c1-19(25)7-3-11-24(13-19)18-15-5-9-20-10-6-16(15)22-17(23-18)14-4-2-8-21-12-14/h2,4,8,12,20,25H,3,5-7,9-11,13H2,1H3/t19-/m1/s1. The van der Waals surface area contributed by atoms with Crippen molar-refractivity contribution in [2.45, 2.75) is 38.2 Å². The summed E-state index contributed by atoms with van der Waals surface area (Å²) in [5, 5.41) is 14.0. The molecule has 0 amide bonds. The Morgan fingerprint density at radius 1 is 1.24 bits per heavy atom. The molecular formula is C19H25N5O. The van der Waals surface area contributed by atoms with Crippen LogP contribution in [-0.2, 0) is 12.8 Å². The predicted molar refractivity (Wildman–Crippen MR) is 97.6 cm³/mol. The summed E-state index contributed by atoms with van der Waals surface area (Å²) in [6.07, 6.45) is 7.23. The number of nitrogens with zero attached hydrogens (tertiary/aromatic N) is 4. The van der Waals surface area contributed by atoms with Crippen LogP contribution in [0.15, 0.2) is 24.5 Å². The molecule has 0 aliphatic carbocycles. The first-order chi connectivity index (χ1) is 12.1. The number of pyridine rings is 1. The predicted octanol–water partition coefficient (Wildman–Crippen LogP) is 1.58. The van der Waals surface area contributed by atoms with Crippen LogP contribution in [-0.4, -0.2) is 51.8 Å². The lowest BCUT2D eigenvalue weighted by atomic mass is 9.94. The Bertz CT molecular complexity index is 747. The number of anilines is 1. The fraction of sp³-hybridized carbons (Fsp3) is 0.526. The van der Waals surface area contributed by atoms with Gasteiger partial charge in [-0.3, -0.25) is 4.98 Å². The van der Waals surface area contributed by atoms with Gasteiger partial charge in [0.15, 0.2) is 5.82 Å². The second kappa shape index (κ2) is 6.69. The minimum absolute atomic E-state index is 0.621. The van der Waals surface area contributed by atoms with Crippen LogP contribution in [0.4, 0.5) is 5.82 Å². The van der Waals surface area contributed by atoms with Crippen molar-refractivity contribution in [3.63, 3.8) is 0 Å². The van der Waals surface area contributed by atoms with Crippen LogP contribution in [0.3, 0.4) is 0 Å². The maximum atomic E-state index is 10.5. The van der Waals surface area contributed by atoms with Crippen LogP contribution in [0, 0.1) is 0 Å². The molecule has 4 heterocycles. The molecule has 2 aliphatic rings. The molecule has 0 bridgehead atoms. The Labute approximate surface area is 148 Å². The summed E-state index contributed by atoms with van der Waals surface area (Å²) in [4.78, 5) is 16.2. The van der Waals surface area contributed by atoms with Crippen molar-refractivity contribution >= 4 is 5.82 Å². The van der Waals surface area contributed by atoms with E-state index in [4.69, 9.17) is 9.97 Å². The zero-order valence-electron chi connectivity index (χ0n) is 14.7. The molecule has 25 heavy (non-hydrogen) atoms. The number of hydrogen-bond donors (Lipinski definition) is 2. The smallest absolute Gasteiger partial charge is 0.163 e. The van der Waals surface area contributed by atoms with E-state index in [9.17, 15) is 5.11 Å². The van der Waals surface area contributed by atoms with Crippen molar-refractivity contribution in [1.29, 1.82) is 0 Å². The number of fused-ring (bicyclic) bond motifs is 1. The molecule has 1 atom stereocenters. The van der Waals surface area contributed by atoms with Crippen LogP contribution in [0.1, 0.15) is 31.0 Å².